The molecule has 3 aromatic rings. The van der Waals surface area contributed by atoms with Crippen LogP contribution in [0.3, 0.4) is 0 Å². The molecule has 1 heterocycles. The average Bonchev–Trinajstić information content (AvgIpc) is 2.91. The first kappa shape index (κ1) is 24.4. The Kier molecular flexibility index (Phi) is 7.07. The zero-order chi connectivity index (χ0) is 25.8. The molecular formula is C29H30N4O4. The van der Waals surface area contributed by atoms with Crippen molar-refractivity contribution in [3.8, 4) is 5.75 Å². The largest absolute Gasteiger partial charge is 0.494 e. The molecule has 37 heavy (non-hydrogen) atoms. The summed E-state index contributed by atoms with van der Waals surface area (Å²) in [6.07, 6.45) is 2.88. The number of fused-ring (bicyclic) bond motifs is 2. The van der Waals surface area contributed by atoms with Gasteiger partial charge in [-0.15, -0.1) is 0 Å². The first-order valence-electron chi connectivity index (χ1n) is 12.6. The van der Waals surface area contributed by atoms with Crippen LogP contribution in [0.1, 0.15) is 36.9 Å². The normalized spacial score (nSPS) is 16.5. The zero-order valence-corrected chi connectivity index (χ0v) is 20.8. The van der Waals surface area contributed by atoms with Crippen LogP contribution in [0.25, 0.3) is 0 Å². The second kappa shape index (κ2) is 10.7. The van der Waals surface area contributed by atoms with Crippen LogP contribution in [0.2, 0.25) is 0 Å². The molecule has 1 unspecified atom stereocenters. The Morgan fingerprint density at radius 3 is 2.49 bits per heavy atom. The summed E-state index contributed by atoms with van der Waals surface area (Å²) in [5, 5.41) is 5.96. The number of carbonyl (C=O) groups excluding carboxylic acids is 3. The van der Waals surface area contributed by atoms with Gasteiger partial charge < -0.3 is 15.4 Å². The summed E-state index contributed by atoms with van der Waals surface area (Å²) in [5.41, 5.74) is 4.09. The van der Waals surface area contributed by atoms with Crippen LogP contribution in [-0.2, 0) is 16.0 Å². The molecule has 0 fully saturated rings. The quantitative estimate of drug-likeness (QED) is 0.517. The molecule has 0 saturated heterocycles. The van der Waals surface area contributed by atoms with E-state index in [-0.39, 0.29) is 30.9 Å². The molecule has 1 atom stereocenters. The molecule has 2 aliphatic rings. The fourth-order valence-electron chi connectivity index (χ4n) is 4.99. The molecule has 4 amide bonds. The molecule has 0 saturated carbocycles. The van der Waals surface area contributed by atoms with Crippen LogP contribution in [0.4, 0.5) is 21.9 Å². The van der Waals surface area contributed by atoms with E-state index in [1.807, 2.05) is 25.1 Å². The Bertz CT molecular complexity index is 1310. The van der Waals surface area contributed by atoms with Gasteiger partial charge in [0.15, 0.2) is 0 Å². The molecule has 0 bridgehead atoms. The Morgan fingerprint density at radius 1 is 0.973 bits per heavy atom. The number of hydrogen-bond donors (Lipinski definition) is 2. The van der Waals surface area contributed by atoms with Crippen molar-refractivity contribution in [2.24, 2.45) is 0 Å². The van der Waals surface area contributed by atoms with Gasteiger partial charge in [0.05, 0.1) is 24.0 Å². The third kappa shape index (κ3) is 5.28. The van der Waals surface area contributed by atoms with Crippen molar-refractivity contribution in [1.29, 1.82) is 0 Å². The molecule has 0 aromatic heterocycles. The van der Waals surface area contributed by atoms with Gasteiger partial charge in [-0.2, -0.15) is 0 Å². The highest BCUT2D eigenvalue weighted by atomic mass is 16.5. The summed E-state index contributed by atoms with van der Waals surface area (Å²) in [5.74, 6) is 0.168. The van der Waals surface area contributed by atoms with Crippen molar-refractivity contribution in [3.63, 3.8) is 0 Å². The lowest BCUT2D eigenvalue weighted by Gasteiger charge is -2.36. The number of aryl methyl sites for hydroxylation is 1. The number of urea groups is 1. The number of amides is 4. The predicted molar refractivity (Wildman–Crippen MR) is 143 cm³/mol. The van der Waals surface area contributed by atoms with E-state index in [0.29, 0.717) is 29.4 Å². The van der Waals surface area contributed by atoms with Gasteiger partial charge in [-0.25, -0.2) is 4.79 Å². The van der Waals surface area contributed by atoms with Crippen LogP contribution >= 0.6 is 0 Å². The first-order chi connectivity index (χ1) is 18.0. The summed E-state index contributed by atoms with van der Waals surface area (Å²) < 4.78 is 5.45. The third-order valence-corrected chi connectivity index (χ3v) is 6.73. The van der Waals surface area contributed by atoms with E-state index in [2.05, 4.69) is 22.8 Å². The second-order valence-electron chi connectivity index (χ2n) is 9.15. The number of nitrogens with one attached hydrogen (secondary N) is 2. The minimum Gasteiger partial charge on any atom is -0.494 e. The molecule has 8 nitrogen and oxygen atoms in total. The minimum atomic E-state index is -0.423. The van der Waals surface area contributed by atoms with E-state index in [1.54, 1.807) is 42.5 Å². The van der Waals surface area contributed by atoms with Crippen LogP contribution in [-0.4, -0.2) is 37.5 Å². The van der Waals surface area contributed by atoms with Crippen molar-refractivity contribution in [3.05, 3.63) is 83.9 Å². The van der Waals surface area contributed by atoms with Gasteiger partial charge in [-0.1, -0.05) is 36.4 Å². The lowest BCUT2D eigenvalue weighted by Crippen LogP contribution is -2.52. The monoisotopic (exact) mass is 498 g/mol. The highest BCUT2D eigenvalue weighted by Gasteiger charge is 2.34. The first-order valence-corrected chi connectivity index (χ1v) is 12.6. The van der Waals surface area contributed by atoms with Gasteiger partial charge in [-0.3, -0.25) is 19.4 Å². The maximum absolute atomic E-state index is 13.2. The average molecular weight is 499 g/mol. The fourth-order valence-corrected chi connectivity index (χ4v) is 4.99. The number of anilines is 3. The van der Waals surface area contributed by atoms with Crippen LogP contribution in [0.5, 0.6) is 5.75 Å². The van der Waals surface area contributed by atoms with Gasteiger partial charge in [-0.05, 0) is 73.7 Å². The van der Waals surface area contributed by atoms with Gasteiger partial charge in [0, 0.05) is 5.69 Å². The molecule has 0 radical (unpaired) electrons. The smallest absolute Gasteiger partial charge is 0.326 e. The van der Waals surface area contributed by atoms with Crippen molar-refractivity contribution < 1.29 is 19.1 Å². The lowest BCUT2D eigenvalue weighted by atomic mass is 9.88. The van der Waals surface area contributed by atoms with Crippen molar-refractivity contribution >= 4 is 34.9 Å². The third-order valence-electron chi connectivity index (χ3n) is 6.73. The van der Waals surface area contributed by atoms with Gasteiger partial charge in [0.25, 0.3) is 0 Å². The standard InChI is InChI=1S/C29H30N4O4/c1-2-37-22-16-14-21(15-17-22)30-29(36)33-19-28(35)32(25-12-5-6-13-26(25)33)18-27(34)31-24-11-7-9-20-8-3-4-10-23(20)24/h3-6,8,10,12-17,24H,2,7,9,11,18-19H2,1H3,(H,30,36)(H,31,34). The number of para-hydroxylation sites is 2. The van der Waals surface area contributed by atoms with Gasteiger partial charge >= 0.3 is 6.03 Å². The Hall–Kier alpha value is -4.33. The maximum Gasteiger partial charge on any atom is 0.326 e. The molecule has 8 heteroatoms. The van der Waals surface area contributed by atoms with Crippen molar-refractivity contribution in [2.75, 3.05) is 34.8 Å². The number of ether oxygens (including phenoxy) is 1. The van der Waals surface area contributed by atoms with E-state index >= 15 is 0 Å². The van der Waals surface area contributed by atoms with E-state index < -0.39 is 6.03 Å². The number of carbonyl (C=O) groups is 3. The summed E-state index contributed by atoms with van der Waals surface area (Å²) in [6, 6.07) is 21.9. The van der Waals surface area contributed by atoms with Gasteiger partial charge in [0.1, 0.15) is 18.8 Å². The van der Waals surface area contributed by atoms with Crippen LogP contribution in [0.15, 0.2) is 72.8 Å². The highest BCUT2D eigenvalue weighted by molar-refractivity contribution is 6.15. The summed E-state index contributed by atoms with van der Waals surface area (Å²) >= 11 is 0. The number of hydrogen-bond acceptors (Lipinski definition) is 4. The van der Waals surface area contributed by atoms with Crippen molar-refractivity contribution in [1.82, 2.24) is 5.32 Å². The number of nitrogens with zero attached hydrogens (tertiary/aromatic N) is 2. The van der Waals surface area contributed by atoms with E-state index in [4.69, 9.17) is 4.74 Å². The molecule has 1 aliphatic heterocycles. The summed E-state index contributed by atoms with van der Waals surface area (Å²) in [7, 11) is 0. The molecule has 1 aliphatic carbocycles. The Labute approximate surface area is 216 Å². The number of rotatable bonds is 6. The number of benzene rings is 3. The van der Waals surface area contributed by atoms with E-state index in [0.717, 1.165) is 24.8 Å². The Balaban J connectivity index is 1.29. The highest BCUT2D eigenvalue weighted by Crippen LogP contribution is 2.34. The van der Waals surface area contributed by atoms with Crippen molar-refractivity contribution in [2.45, 2.75) is 32.2 Å². The second-order valence-corrected chi connectivity index (χ2v) is 9.15. The molecule has 0 spiro atoms. The van der Waals surface area contributed by atoms with Crippen LogP contribution in [0, 0.1) is 0 Å². The topological polar surface area (TPSA) is 91.0 Å². The maximum atomic E-state index is 13.2. The molecule has 3 aromatic carbocycles. The molecule has 5 rings (SSSR count). The van der Waals surface area contributed by atoms with Crippen LogP contribution < -0.4 is 25.2 Å². The van der Waals surface area contributed by atoms with Gasteiger partial charge in [0.2, 0.25) is 11.8 Å². The Morgan fingerprint density at radius 2 is 1.70 bits per heavy atom. The summed E-state index contributed by atoms with van der Waals surface area (Å²) in [6.45, 7) is 2.19. The predicted octanol–water partition coefficient (Wildman–Crippen LogP) is 4.66. The molecule has 190 valence electrons. The van der Waals surface area contributed by atoms with E-state index in [9.17, 15) is 14.4 Å². The SMILES string of the molecule is CCOc1ccc(NC(=O)N2CC(=O)N(CC(=O)NC3CCCc4ccccc43)c3ccccc32)cc1. The van der Waals surface area contributed by atoms with E-state index in [1.165, 1.54) is 15.4 Å². The summed E-state index contributed by atoms with van der Waals surface area (Å²) in [4.78, 5) is 42.2. The lowest BCUT2D eigenvalue weighted by molar-refractivity contribution is -0.124. The molecule has 2 N–H and O–H groups in total. The molecular weight excluding hydrogens is 468 g/mol. The zero-order valence-electron chi connectivity index (χ0n) is 20.8. The fraction of sp³-hybridized carbons (Fsp3) is 0.276. The minimum absolute atomic E-state index is 0.0658.